The number of rotatable bonds is 4. The van der Waals surface area contributed by atoms with Gasteiger partial charge in [0.25, 0.3) is 0 Å². The first kappa shape index (κ1) is 15.9. The van der Waals surface area contributed by atoms with Crippen LogP contribution in [-0.2, 0) is 6.42 Å². The molecule has 3 nitrogen and oxygen atoms in total. The van der Waals surface area contributed by atoms with Gasteiger partial charge in [0.05, 0.1) is 14.2 Å². The largest absolute Gasteiger partial charge is 0.493 e. The van der Waals surface area contributed by atoms with Gasteiger partial charge in [-0.2, -0.15) is 0 Å². The molecule has 0 fully saturated rings. The summed E-state index contributed by atoms with van der Waals surface area (Å²) in [5.41, 5.74) is 2.70. The number of nitrogens with zero attached hydrogens (tertiary/aromatic N) is 1. The number of hydrogen-bond acceptors (Lipinski definition) is 3. The minimum atomic E-state index is 0. The van der Waals surface area contributed by atoms with Crippen molar-refractivity contribution in [3.63, 3.8) is 0 Å². The smallest absolute Gasteiger partial charge is 0.161 e. The lowest BCUT2D eigenvalue weighted by molar-refractivity contribution is 0.220. The van der Waals surface area contributed by atoms with Gasteiger partial charge in [-0.05, 0) is 36.6 Å². The van der Waals surface area contributed by atoms with E-state index in [-0.39, 0.29) is 12.4 Å². The highest BCUT2D eigenvalue weighted by Crippen LogP contribution is 2.37. The first-order valence-electron chi connectivity index (χ1n) is 6.31. The fourth-order valence-corrected chi connectivity index (χ4v) is 2.61. The summed E-state index contributed by atoms with van der Waals surface area (Å²) in [6.07, 6.45) is 3.01. The summed E-state index contributed by atoms with van der Waals surface area (Å²) < 4.78 is 10.7. The number of halogens is 1. The van der Waals surface area contributed by atoms with E-state index in [1.54, 1.807) is 14.2 Å². The Morgan fingerprint density at radius 3 is 2.53 bits per heavy atom. The molecule has 0 saturated carbocycles. The van der Waals surface area contributed by atoms with Crippen LogP contribution in [0, 0.1) is 0 Å². The van der Waals surface area contributed by atoms with Gasteiger partial charge in [0.1, 0.15) is 0 Å². The van der Waals surface area contributed by atoms with Crippen molar-refractivity contribution in [3.05, 3.63) is 35.9 Å². The highest BCUT2D eigenvalue weighted by atomic mass is 35.5. The summed E-state index contributed by atoms with van der Waals surface area (Å²) in [6.45, 7) is 8.04. The number of ether oxygens (including phenoxy) is 2. The third-order valence-corrected chi connectivity index (χ3v) is 3.68. The standard InChI is InChI=1S/C15H21NO2.ClH/c1-5-7-16-8-6-12-9-14(17-3)15(18-4)10-13(12)11(16)2;/h5,9-11H,1,6-8H2,2-4H3;1H. The zero-order chi connectivity index (χ0) is 13.1. The molecule has 0 N–H and O–H groups in total. The van der Waals surface area contributed by atoms with E-state index in [4.69, 9.17) is 9.47 Å². The van der Waals surface area contributed by atoms with E-state index in [0.717, 1.165) is 31.0 Å². The Hall–Kier alpha value is -1.19. The quantitative estimate of drug-likeness (QED) is 0.792. The van der Waals surface area contributed by atoms with Crippen LogP contribution in [0.3, 0.4) is 0 Å². The summed E-state index contributed by atoms with van der Waals surface area (Å²) in [5.74, 6) is 1.63. The highest BCUT2D eigenvalue weighted by Gasteiger charge is 2.24. The van der Waals surface area contributed by atoms with Crippen molar-refractivity contribution in [2.45, 2.75) is 19.4 Å². The normalized spacial score (nSPS) is 18.2. The molecule has 1 atom stereocenters. The molecule has 0 aliphatic carbocycles. The van der Waals surface area contributed by atoms with E-state index in [1.165, 1.54) is 11.1 Å². The van der Waals surface area contributed by atoms with Gasteiger partial charge in [-0.25, -0.2) is 0 Å². The maximum atomic E-state index is 5.38. The van der Waals surface area contributed by atoms with Crippen LogP contribution < -0.4 is 9.47 Å². The molecule has 2 rings (SSSR count). The van der Waals surface area contributed by atoms with Crippen LogP contribution in [0.15, 0.2) is 24.8 Å². The molecule has 1 aliphatic rings. The number of methoxy groups -OCH3 is 2. The third kappa shape index (κ3) is 3.04. The maximum Gasteiger partial charge on any atom is 0.161 e. The average molecular weight is 284 g/mol. The molecule has 1 aromatic carbocycles. The van der Waals surface area contributed by atoms with Crippen molar-refractivity contribution >= 4 is 12.4 Å². The molecule has 1 aliphatic heterocycles. The second kappa shape index (κ2) is 6.83. The molecule has 0 amide bonds. The van der Waals surface area contributed by atoms with Crippen molar-refractivity contribution < 1.29 is 9.47 Å². The van der Waals surface area contributed by atoms with Crippen LogP contribution in [0.25, 0.3) is 0 Å². The van der Waals surface area contributed by atoms with Crippen molar-refractivity contribution in [1.29, 1.82) is 0 Å². The van der Waals surface area contributed by atoms with E-state index in [9.17, 15) is 0 Å². The van der Waals surface area contributed by atoms with E-state index < -0.39 is 0 Å². The van der Waals surface area contributed by atoms with Crippen molar-refractivity contribution in [3.8, 4) is 11.5 Å². The second-order valence-electron chi connectivity index (χ2n) is 4.62. The third-order valence-electron chi connectivity index (χ3n) is 3.68. The van der Waals surface area contributed by atoms with Gasteiger partial charge in [0, 0.05) is 19.1 Å². The highest BCUT2D eigenvalue weighted by molar-refractivity contribution is 5.85. The van der Waals surface area contributed by atoms with Crippen molar-refractivity contribution in [2.75, 3.05) is 27.3 Å². The van der Waals surface area contributed by atoms with Gasteiger partial charge in [0.2, 0.25) is 0 Å². The predicted octanol–water partition coefficient (Wildman–Crippen LogP) is 3.23. The lowest BCUT2D eigenvalue weighted by Gasteiger charge is -2.35. The Labute approximate surface area is 121 Å². The van der Waals surface area contributed by atoms with E-state index in [0.29, 0.717) is 6.04 Å². The van der Waals surface area contributed by atoms with E-state index >= 15 is 0 Å². The van der Waals surface area contributed by atoms with E-state index in [1.807, 2.05) is 6.08 Å². The summed E-state index contributed by atoms with van der Waals surface area (Å²) in [4.78, 5) is 2.42. The zero-order valence-electron chi connectivity index (χ0n) is 11.8. The van der Waals surface area contributed by atoms with Crippen LogP contribution >= 0.6 is 12.4 Å². The molecular weight excluding hydrogens is 262 g/mol. The Kier molecular flexibility index (Phi) is 5.70. The first-order valence-corrected chi connectivity index (χ1v) is 6.31. The molecule has 1 unspecified atom stereocenters. The van der Waals surface area contributed by atoms with Crippen LogP contribution in [0.1, 0.15) is 24.1 Å². The molecule has 1 aromatic rings. The molecule has 1 heterocycles. The molecule has 4 heteroatoms. The lowest BCUT2D eigenvalue weighted by Crippen LogP contribution is -2.34. The molecular formula is C15H22ClNO2. The number of hydrogen-bond donors (Lipinski definition) is 0. The summed E-state index contributed by atoms with van der Waals surface area (Å²) in [6, 6.07) is 4.61. The predicted molar refractivity (Wildman–Crippen MR) is 80.7 cm³/mol. The Morgan fingerprint density at radius 1 is 1.32 bits per heavy atom. The number of fused-ring (bicyclic) bond motifs is 1. The molecule has 0 aromatic heterocycles. The summed E-state index contributed by atoms with van der Waals surface area (Å²) in [7, 11) is 3.36. The van der Waals surface area contributed by atoms with Crippen LogP contribution in [0.2, 0.25) is 0 Å². The maximum absolute atomic E-state index is 5.38. The van der Waals surface area contributed by atoms with Gasteiger partial charge >= 0.3 is 0 Å². The molecule has 0 saturated heterocycles. The number of benzene rings is 1. The van der Waals surface area contributed by atoms with E-state index in [2.05, 4.69) is 30.5 Å². The lowest BCUT2D eigenvalue weighted by atomic mass is 9.93. The fourth-order valence-electron chi connectivity index (χ4n) is 2.61. The minimum Gasteiger partial charge on any atom is -0.493 e. The monoisotopic (exact) mass is 283 g/mol. The summed E-state index contributed by atoms with van der Waals surface area (Å²) in [5, 5.41) is 0. The second-order valence-corrected chi connectivity index (χ2v) is 4.62. The zero-order valence-corrected chi connectivity index (χ0v) is 12.6. The molecule has 0 bridgehead atoms. The average Bonchev–Trinajstić information content (AvgIpc) is 2.41. The van der Waals surface area contributed by atoms with Crippen LogP contribution in [0.4, 0.5) is 0 Å². The molecule has 19 heavy (non-hydrogen) atoms. The van der Waals surface area contributed by atoms with Crippen LogP contribution in [-0.4, -0.2) is 32.2 Å². The van der Waals surface area contributed by atoms with Crippen molar-refractivity contribution in [1.82, 2.24) is 4.90 Å². The SMILES string of the molecule is C=CCN1CCc2cc(OC)c(OC)cc2C1C.Cl. The van der Waals surface area contributed by atoms with Gasteiger partial charge in [-0.3, -0.25) is 4.90 Å². The first-order chi connectivity index (χ1) is 8.71. The van der Waals surface area contributed by atoms with Gasteiger partial charge in [-0.1, -0.05) is 6.08 Å². The van der Waals surface area contributed by atoms with Gasteiger partial charge < -0.3 is 9.47 Å². The van der Waals surface area contributed by atoms with Gasteiger partial charge in [0.15, 0.2) is 11.5 Å². The Morgan fingerprint density at radius 2 is 1.95 bits per heavy atom. The Balaban J connectivity index is 0.00000180. The Bertz CT molecular complexity index is 448. The summed E-state index contributed by atoms with van der Waals surface area (Å²) >= 11 is 0. The molecule has 106 valence electrons. The molecule has 0 radical (unpaired) electrons. The van der Waals surface area contributed by atoms with Crippen molar-refractivity contribution in [2.24, 2.45) is 0 Å². The fraction of sp³-hybridized carbons (Fsp3) is 0.467. The van der Waals surface area contributed by atoms with Gasteiger partial charge in [-0.15, -0.1) is 19.0 Å². The topological polar surface area (TPSA) is 21.7 Å². The minimum absolute atomic E-state index is 0. The molecule has 0 spiro atoms. The van der Waals surface area contributed by atoms with Crippen LogP contribution in [0.5, 0.6) is 11.5 Å².